The van der Waals surface area contributed by atoms with E-state index in [2.05, 4.69) is 10.6 Å². The molecular formula is C22H21FN2O4. The van der Waals surface area contributed by atoms with E-state index in [1.807, 2.05) is 25.1 Å². The maximum atomic E-state index is 13.7. The Morgan fingerprint density at radius 1 is 1.28 bits per heavy atom. The number of hydrogen-bond donors (Lipinski definition) is 3. The maximum absolute atomic E-state index is 13.7. The van der Waals surface area contributed by atoms with Crippen LogP contribution in [0.4, 0.5) is 10.1 Å². The highest BCUT2D eigenvalue weighted by atomic mass is 19.1. The summed E-state index contributed by atoms with van der Waals surface area (Å²) >= 11 is 0. The summed E-state index contributed by atoms with van der Waals surface area (Å²) in [6, 6.07) is 9.49. The van der Waals surface area contributed by atoms with Gasteiger partial charge in [0.1, 0.15) is 24.2 Å². The van der Waals surface area contributed by atoms with E-state index in [1.165, 1.54) is 12.1 Å². The Morgan fingerprint density at radius 2 is 2.10 bits per heavy atom. The van der Waals surface area contributed by atoms with Crippen LogP contribution in [0.2, 0.25) is 0 Å². The van der Waals surface area contributed by atoms with Crippen LogP contribution in [0.5, 0.6) is 0 Å². The van der Waals surface area contributed by atoms with Crippen LogP contribution in [-0.2, 0) is 27.4 Å². The van der Waals surface area contributed by atoms with Crippen LogP contribution in [0.3, 0.4) is 0 Å². The Labute approximate surface area is 167 Å². The summed E-state index contributed by atoms with van der Waals surface area (Å²) in [6.07, 6.45) is 1.20. The molecule has 150 valence electrons. The molecule has 2 aliphatic heterocycles. The zero-order chi connectivity index (χ0) is 20.5. The number of carboxylic acids is 1. The smallest absolute Gasteiger partial charge is 0.320 e. The Bertz CT molecular complexity index is 1030. The van der Waals surface area contributed by atoms with Gasteiger partial charge in [0.05, 0.1) is 5.57 Å². The van der Waals surface area contributed by atoms with Gasteiger partial charge in [-0.15, -0.1) is 0 Å². The Hall–Kier alpha value is -3.19. The Kier molecular flexibility index (Phi) is 5.07. The molecule has 2 aliphatic rings. The van der Waals surface area contributed by atoms with Gasteiger partial charge in [-0.1, -0.05) is 25.1 Å². The monoisotopic (exact) mass is 396 g/mol. The number of carbonyl (C=O) groups is 2. The number of benzene rings is 2. The van der Waals surface area contributed by atoms with Crippen LogP contribution in [-0.4, -0.2) is 29.6 Å². The van der Waals surface area contributed by atoms with Crippen molar-refractivity contribution in [1.29, 1.82) is 0 Å². The number of aliphatic carboxylic acids is 1. The van der Waals surface area contributed by atoms with Crippen molar-refractivity contribution in [3.63, 3.8) is 0 Å². The molecule has 3 N–H and O–H groups in total. The molecule has 2 aromatic carbocycles. The molecule has 1 unspecified atom stereocenters. The first-order chi connectivity index (χ1) is 14.0. The van der Waals surface area contributed by atoms with Gasteiger partial charge in [-0.25, -0.2) is 4.39 Å². The highest BCUT2D eigenvalue weighted by molar-refractivity contribution is 6.36. The third-order valence-electron chi connectivity index (χ3n) is 5.25. The molecule has 1 amide bonds. The third-order valence-corrected chi connectivity index (χ3v) is 5.25. The van der Waals surface area contributed by atoms with Gasteiger partial charge in [0.2, 0.25) is 0 Å². The molecule has 0 aromatic heterocycles. The van der Waals surface area contributed by atoms with E-state index in [9.17, 15) is 14.0 Å². The minimum atomic E-state index is -0.849. The highest BCUT2D eigenvalue weighted by Gasteiger charge is 2.32. The van der Waals surface area contributed by atoms with E-state index in [0.717, 1.165) is 16.7 Å². The lowest BCUT2D eigenvalue weighted by Crippen LogP contribution is -2.37. The number of anilines is 1. The molecule has 0 bridgehead atoms. The van der Waals surface area contributed by atoms with Crippen molar-refractivity contribution in [2.24, 2.45) is 0 Å². The summed E-state index contributed by atoms with van der Waals surface area (Å²) < 4.78 is 19.5. The van der Waals surface area contributed by atoms with Gasteiger partial charge in [-0.05, 0) is 43.1 Å². The molecule has 2 aromatic rings. The lowest BCUT2D eigenvalue weighted by atomic mass is 9.98. The van der Waals surface area contributed by atoms with Crippen molar-refractivity contribution in [2.75, 3.05) is 11.9 Å². The van der Waals surface area contributed by atoms with Gasteiger partial charge in [-0.3, -0.25) is 9.59 Å². The summed E-state index contributed by atoms with van der Waals surface area (Å²) in [5.74, 6) is -1.10. The molecule has 0 radical (unpaired) electrons. The zero-order valence-corrected chi connectivity index (χ0v) is 15.9. The van der Waals surface area contributed by atoms with Crippen LogP contribution >= 0.6 is 0 Å². The van der Waals surface area contributed by atoms with Crippen molar-refractivity contribution in [1.82, 2.24) is 5.32 Å². The van der Waals surface area contributed by atoms with Crippen molar-refractivity contribution in [3.05, 3.63) is 64.5 Å². The molecular weight excluding hydrogens is 375 g/mol. The Balaban J connectivity index is 1.57. The first-order valence-corrected chi connectivity index (χ1v) is 9.54. The van der Waals surface area contributed by atoms with Crippen molar-refractivity contribution >= 4 is 28.9 Å². The number of rotatable bonds is 6. The first kappa shape index (κ1) is 19.1. The average Bonchev–Trinajstić information content (AvgIpc) is 3.24. The van der Waals surface area contributed by atoms with Crippen LogP contribution in [0, 0.1) is 5.82 Å². The number of nitrogens with one attached hydrogen (secondary N) is 2. The number of hydrogen-bond acceptors (Lipinski definition) is 4. The summed E-state index contributed by atoms with van der Waals surface area (Å²) in [6.45, 7) is 2.71. The van der Waals surface area contributed by atoms with E-state index < -0.39 is 17.8 Å². The van der Waals surface area contributed by atoms with Gasteiger partial charge < -0.3 is 20.5 Å². The quantitative estimate of drug-likeness (QED) is 0.653. The van der Waals surface area contributed by atoms with Crippen LogP contribution in [0.15, 0.2) is 36.4 Å². The van der Waals surface area contributed by atoms with Crippen molar-refractivity contribution < 1.29 is 23.8 Å². The average molecular weight is 396 g/mol. The predicted molar refractivity (Wildman–Crippen MR) is 106 cm³/mol. The molecule has 2 heterocycles. The minimum Gasteiger partial charge on any atom is -0.487 e. The summed E-state index contributed by atoms with van der Waals surface area (Å²) in [5.41, 5.74) is 4.25. The minimum absolute atomic E-state index is 0.305. The second-order valence-corrected chi connectivity index (χ2v) is 7.13. The Morgan fingerprint density at radius 3 is 2.86 bits per heavy atom. The lowest BCUT2D eigenvalue weighted by Gasteiger charge is -2.12. The second-order valence-electron chi connectivity index (χ2n) is 7.13. The standard InChI is InChI=1S/C22H21FN2O4/c1-2-17(22(27)28)24-8-7-12-3-5-15-13(9-12)11-29-20(15)19-16-10-14(23)4-6-18(16)25-21(19)26/h3-6,9-10,17,24H,2,7-8,11H2,1H3,(H,25,26)(H,27,28). The molecule has 0 saturated heterocycles. The number of amides is 1. The molecule has 4 rings (SSSR count). The van der Waals surface area contributed by atoms with Crippen molar-refractivity contribution in [2.45, 2.75) is 32.4 Å². The number of carbonyl (C=O) groups excluding carboxylic acids is 1. The van der Waals surface area contributed by atoms with Gasteiger partial charge >= 0.3 is 5.97 Å². The number of ether oxygens (including phenoxy) is 1. The molecule has 29 heavy (non-hydrogen) atoms. The molecule has 0 aliphatic carbocycles. The van der Waals surface area contributed by atoms with Crippen molar-refractivity contribution in [3.8, 4) is 0 Å². The zero-order valence-electron chi connectivity index (χ0n) is 15.9. The van der Waals surface area contributed by atoms with E-state index in [-0.39, 0.29) is 5.91 Å². The van der Waals surface area contributed by atoms with Gasteiger partial charge in [-0.2, -0.15) is 0 Å². The maximum Gasteiger partial charge on any atom is 0.320 e. The number of halogens is 1. The molecule has 6 nitrogen and oxygen atoms in total. The summed E-state index contributed by atoms with van der Waals surface area (Å²) in [5, 5.41) is 14.9. The van der Waals surface area contributed by atoms with Crippen LogP contribution in [0.25, 0.3) is 11.3 Å². The fourth-order valence-corrected chi connectivity index (χ4v) is 3.74. The topological polar surface area (TPSA) is 87.7 Å². The fraction of sp³-hybridized carbons (Fsp3) is 0.273. The molecule has 1 atom stereocenters. The van der Waals surface area contributed by atoms with E-state index in [0.29, 0.717) is 48.6 Å². The number of fused-ring (bicyclic) bond motifs is 2. The normalized spacial score (nSPS) is 18.1. The third kappa shape index (κ3) is 3.61. The molecule has 7 heteroatoms. The lowest BCUT2D eigenvalue weighted by molar-refractivity contribution is -0.139. The van der Waals surface area contributed by atoms with E-state index in [4.69, 9.17) is 9.84 Å². The molecule has 0 fully saturated rings. The van der Waals surface area contributed by atoms with Gasteiger partial charge in [0, 0.05) is 22.4 Å². The van der Waals surface area contributed by atoms with E-state index >= 15 is 0 Å². The largest absolute Gasteiger partial charge is 0.487 e. The van der Waals surface area contributed by atoms with Gasteiger partial charge in [0.15, 0.2) is 0 Å². The highest BCUT2D eigenvalue weighted by Crippen LogP contribution is 2.41. The van der Waals surface area contributed by atoms with Crippen LogP contribution < -0.4 is 10.6 Å². The molecule has 0 saturated carbocycles. The summed E-state index contributed by atoms with van der Waals surface area (Å²) in [4.78, 5) is 23.6. The number of carboxylic acid groups (broad SMARTS) is 1. The summed E-state index contributed by atoms with van der Waals surface area (Å²) in [7, 11) is 0. The second kappa shape index (κ2) is 7.67. The predicted octanol–water partition coefficient (Wildman–Crippen LogP) is 3.17. The SMILES string of the molecule is CCC(NCCc1ccc2c(c1)COC2=C1C(=O)Nc2ccc(F)cc21)C(=O)O. The van der Waals surface area contributed by atoms with E-state index in [1.54, 1.807) is 6.07 Å². The molecule has 0 spiro atoms. The van der Waals surface area contributed by atoms with Gasteiger partial charge in [0.25, 0.3) is 5.91 Å². The first-order valence-electron chi connectivity index (χ1n) is 9.54. The van der Waals surface area contributed by atoms with Crippen LogP contribution in [0.1, 0.15) is 35.6 Å². The fourth-order valence-electron chi connectivity index (χ4n) is 3.74.